The van der Waals surface area contributed by atoms with E-state index in [0.717, 1.165) is 0 Å². The van der Waals surface area contributed by atoms with Gasteiger partial charge in [-0.3, -0.25) is 5.43 Å². The van der Waals surface area contributed by atoms with Crippen LogP contribution in [0.5, 0.6) is 0 Å². The number of alkyl halides is 5. The summed E-state index contributed by atoms with van der Waals surface area (Å²) in [6, 6.07) is 0. The van der Waals surface area contributed by atoms with Crippen molar-refractivity contribution in [3.63, 3.8) is 0 Å². The predicted molar refractivity (Wildman–Crippen MR) is 71.4 cm³/mol. The molecule has 0 amide bonds. The van der Waals surface area contributed by atoms with Crippen molar-refractivity contribution in [3.05, 3.63) is 0 Å². The number of hydrogen-bond donors (Lipinski definition) is 1. The Bertz CT molecular complexity index is 291. The Kier molecular flexibility index (Phi) is 4.09. The van der Waals surface area contributed by atoms with E-state index in [9.17, 15) is 0 Å². The van der Waals surface area contributed by atoms with Gasteiger partial charge in [-0.25, -0.2) is 0 Å². The first kappa shape index (κ1) is 14.8. The SMILES string of the molecule is CC(C)(C)C1NN=CN1C(Cl)(Cl)C(Cl)(Cl)Cl. The maximum absolute atomic E-state index is 6.08. The predicted octanol–water partition coefficient (Wildman–Crippen LogP) is 3.71. The van der Waals surface area contributed by atoms with E-state index < -0.39 is 8.25 Å². The molecule has 1 heterocycles. The van der Waals surface area contributed by atoms with Gasteiger partial charge < -0.3 is 4.90 Å². The number of halogens is 5. The highest BCUT2D eigenvalue weighted by atomic mass is 35.6. The van der Waals surface area contributed by atoms with Gasteiger partial charge in [0.15, 0.2) is 0 Å². The first-order valence-corrected chi connectivity index (χ1v) is 6.38. The van der Waals surface area contributed by atoms with E-state index in [-0.39, 0.29) is 11.6 Å². The van der Waals surface area contributed by atoms with Crippen LogP contribution in [-0.2, 0) is 0 Å². The molecule has 1 aliphatic heterocycles. The van der Waals surface area contributed by atoms with Crippen molar-refractivity contribution < 1.29 is 0 Å². The van der Waals surface area contributed by atoms with Gasteiger partial charge in [-0.05, 0) is 0 Å². The summed E-state index contributed by atoms with van der Waals surface area (Å²) in [6.07, 6.45) is 1.18. The molecule has 0 spiro atoms. The Hall–Kier alpha value is 0.720. The van der Waals surface area contributed by atoms with Crippen LogP contribution >= 0.6 is 58.0 Å². The average Bonchev–Trinajstić information content (AvgIpc) is 2.47. The monoisotopic (exact) mass is 325 g/mol. The normalized spacial score (nSPS) is 22.5. The number of hydrogen-bond acceptors (Lipinski definition) is 3. The fourth-order valence-electron chi connectivity index (χ4n) is 1.29. The van der Waals surface area contributed by atoms with Crippen LogP contribution in [-0.4, -0.2) is 25.7 Å². The fourth-order valence-corrected chi connectivity index (χ4v) is 1.86. The second-order valence-electron chi connectivity index (χ2n) is 4.59. The lowest BCUT2D eigenvalue weighted by molar-refractivity contribution is 0.135. The van der Waals surface area contributed by atoms with Crippen LogP contribution in [0.25, 0.3) is 0 Å². The average molecular weight is 327 g/mol. The second-order valence-corrected chi connectivity index (χ2v) is 8.16. The Balaban J connectivity index is 3.00. The zero-order valence-corrected chi connectivity index (χ0v) is 12.7. The number of hydrazone groups is 1. The van der Waals surface area contributed by atoms with Gasteiger partial charge >= 0.3 is 0 Å². The first-order chi connectivity index (χ1) is 6.98. The highest BCUT2D eigenvalue weighted by Gasteiger charge is 2.54. The van der Waals surface area contributed by atoms with Gasteiger partial charge in [0.25, 0.3) is 0 Å². The highest BCUT2D eigenvalue weighted by Crippen LogP contribution is 2.49. The molecule has 0 bridgehead atoms. The van der Waals surface area contributed by atoms with E-state index in [0.29, 0.717) is 0 Å². The summed E-state index contributed by atoms with van der Waals surface area (Å²) >= 11 is 29.4. The fraction of sp³-hybridized carbons (Fsp3) is 0.875. The lowest BCUT2D eigenvalue weighted by Crippen LogP contribution is -2.57. The van der Waals surface area contributed by atoms with Crippen molar-refractivity contribution in [3.8, 4) is 0 Å². The quantitative estimate of drug-likeness (QED) is 0.587. The molecule has 1 N–H and O–H groups in total. The van der Waals surface area contributed by atoms with Gasteiger partial charge in [0.2, 0.25) is 8.25 Å². The Labute approximate surface area is 120 Å². The van der Waals surface area contributed by atoms with Gasteiger partial charge in [0.1, 0.15) is 12.5 Å². The molecule has 3 nitrogen and oxygen atoms in total. The Morgan fingerprint density at radius 1 is 1.12 bits per heavy atom. The summed E-state index contributed by atoms with van der Waals surface area (Å²) < 4.78 is -3.54. The summed E-state index contributed by atoms with van der Waals surface area (Å²) in [5.74, 6) is 0. The molecule has 0 aromatic heterocycles. The molecule has 1 rings (SSSR count). The van der Waals surface area contributed by atoms with Crippen LogP contribution < -0.4 is 5.43 Å². The van der Waals surface area contributed by atoms with E-state index in [4.69, 9.17) is 58.0 Å². The topological polar surface area (TPSA) is 27.6 Å². The van der Waals surface area contributed by atoms with E-state index in [1.54, 1.807) is 0 Å². The van der Waals surface area contributed by atoms with E-state index >= 15 is 0 Å². The summed E-state index contributed by atoms with van der Waals surface area (Å²) in [6.45, 7) is 5.98. The number of nitrogens with zero attached hydrogens (tertiary/aromatic N) is 2. The zero-order chi connectivity index (χ0) is 12.8. The van der Waals surface area contributed by atoms with Gasteiger partial charge in [0, 0.05) is 5.41 Å². The van der Waals surface area contributed by atoms with Gasteiger partial charge in [-0.2, -0.15) is 5.10 Å². The highest BCUT2D eigenvalue weighted by molar-refractivity contribution is 6.75. The van der Waals surface area contributed by atoms with Crippen molar-refractivity contribution in [2.45, 2.75) is 35.2 Å². The molecule has 94 valence electrons. The Morgan fingerprint density at radius 2 is 1.62 bits per heavy atom. The molecule has 0 aliphatic carbocycles. The number of rotatable bonds is 1. The van der Waals surface area contributed by atoms with Crippen molar-refractivity contribution >= 4 is 64.3 Å². The molecule has 0 saturated heterocycles. The molecule has 0 fully saturated rings. The molecule has 0 aromatic rings. The summed E-state index contributed by atoms with van der Waals surface area (Å²) in [5.41, 5.74) is 2.70. The van der Waals surface area contributed by atoms with Crippen LogP contribution in [0.1, 0.15) is 20.8 Å². The molecule has 0 saturated carbocycles. The molecule has 8 heteroatoms. The molecule has 0 aromatic carbocycles. The van der Waals surface area contributed by atoms with Crippen LogP contribution in [0, 0.1) is 5.41 Å². The minimum absolute atomic E-state index is 0.179. The van der Waals surface area contributed by atoms with Crippen LogP contribution in [0.4, 0.5) is 0 Å². The van der Waals surface area contributed by atoms with Crippen molar-refractivity contribution in [1.82, 2.24) is 10.3 Å². The minimum Gasteiger partial charge on any atom is -0.304 e. The van der Waals surface area contributed by atoms with E-state index in [1.165, 1.54) is 11.2 Å². The standard InChI is InChI=1S/C8H12Cl5N3/c1-6(2,3)5-15-14-4-16(5)8(12,13)7(9,10)11/h4-5,15H,1-3H3. The minimum atomic E-state index is -1.85. The van der Waals surface area contributed by atoms with Crippen molar-refractivity contribution in [2.24, 2.45) is 10.5 Å². The third kappa shape index (κ3) is 2.75. The zero-order valence-electron chi connectivity index (χ0n) is 8.94. The maximum atomic E-state index is 6.08. The van der Waals surface area contributed by atoms with Crippen LogP contribution in [0.3, 0.4) is 0 Å². The molecule has 1 aliphatic rings. The van der Waals surface area contributed by atoms with Crippen LogP contribution in [0.15, 0.2) is 5.10 Å². The molecule has 1 unspecified atom stereocenters. The van der Waals surface area contributed by atoms with Gasteiger partial charge in [-0.1, -0.05) is 78.8 Å². The largest absolute Gasteiger partial charge is 0.304 e. The molecule has 0 radical (unpaired) electrons. The molecule has 16 heavy (non-hydrogen) atoms. The molecular formula is C8H12Cl5N3. The van der Waals surface area contributed by atoms with Crippen LogP contribution in [0.2, 0.25) is 0 Å². The third-order valence-corrected chi connectivity index (χ3v) is 4.50. The van der Waals surface area contributed by atoms with E-state index in [2.05, 4.69) is 10.5 Å². The number of nitrogens with one attached hydrogen (secondary N) is 1. The Morgan fingerprint density at radius 3 is 2.00 bits per heavy atom. The maximum Gasteiger partial charge on any atom is 0.241 e. The summed E-state index contributed by atoms with van der Waals surface area (Å²) in [5, 5.41) is 3.90. The van der Waals surface area contributed by atoms with E-state index in [1.807, 2.05) is 20.8 Å². The van der Waals surface area contributed by atoms with Gasteiger partial charge in [-0.15, -0.1) is 0 Å². The van der Waals surface area contributed by atoms with Gasteiger partial charge in [0.05, 0.1) is 0 Å². The van der Waals surface area contributed by atoms with Crippen molar-refractivity contribution in [1.29, 1.82) is 0 Å². The lowest BCUT2D eigenvalue weighted by atomic mass is 9.92. The summed E-state index contributed by atoms with van der Waals surface area (Å²) in [7, 11) is 0. The smallest absolute Gasteiger partial charge is 0.241 e. The molecular weight excluding hydrogens is 315 g/mol. The second kappa shape index (κ2) is 4.43. The lowest BCUT2D eigenvalue weighted by Gasteiger charge is -2.43. The first-order valence-electron chi connectivity index (χ1n) is 4.49. The third-order valence-electron chi connectivity index (χ3n) is 2.14. The summed E-state index contributed by atoms with van der Waals surface area (Å²) in [4.78, 5) is 1.49. The van der Waals surface area contributed by atoms with Crippen molar-refractivity contribution in [2.75, 3.05) is 0 Å². The molecule has 1 atom stereocenters.